The van der Waals surface area contributed by atoms with Crippen LogP contribution in [0.4, 0.5) is 0 Å². The third-order valence-corrected chi connectivity index (χ3v) is 5.63. The van der Waals surface area contributed by atoms with Crippen molar-refractivity contribution in [1.82, 2.24) is 9.55 Å². The predicted octanol–water partition coefficient (Wildman–Crippen LogP) is 5.61. The second kappa shape index (κ2) is 8.28. The number of hydrogen-bond donors (Lipinski definition) is 1. The molecule has 0 unspecified atom stereocenters. The number of thiazole rings is 1. The van der Waals surface area contributed by atoms with E-state index in [2.05, 4.69) is 4.98 Å². The molecule has 0 aliphatic carbocycles. The molecule has 29 heavy (non-hydrogen) atoms. The first-order valence-corrected chi connectivity index (χ1v) is 9.34. The smallest absolute Gasteiger partial charge is 0.269 e. The van der Waals surface area contributed by atoms with Crippen LogP contribution in [-0.4, -0.2) is 14.7 Å². The average Bonchev–Trinajstić information content (AvgIpc) is 3.12. The quantitative estimate of drug-likeness (QED) is 0.355. The van der Waals surface area contributed by atoms with Crippen molar-refractivity contribution in [2.45, 2.75) is 7.43 Å². The first-order valence-electron chi connectivity index (χ1n) is 8.52. The first-order chi connectivity index (χ1) is 13.2. The molecule has 1 N–H and O–H groups in total. The van der Waals surface area contributed by atoms with E-state index in [0.717, 1.165) is 15.9 Å². The zero-order valence-corrected chi connectivity index (χ0v) is 18.7. The summed E-state index contributed by atoms with van der Waals surface area (Å²) in [6.07, 6.45) is 0. The molecule has 0 bridgehead atoms. The van der Waals surface area contributed by atoms with Crippen molar-refractivity contribution >= 4 is 32.5 Å². The van der Waals surface area contributed by atoms with Crippen molar-refractivity contribution in [2.24, 2.45) is 0 Å². The Hall–Kier alpha value is -2.82. The SMILES string of the molecule is C.O=c1c(-c2nc3ccccc3s2)c(O)c2ccccc2n1-c1ccccc1.[Zn]. The van der Waals surface area contributed by atoms with Crippen LogP contribution in [0, 0.1) is 0 Å². The number of benzene rings is 3. The number of fused-ring (bicyclic) bond motifs is 2. The van der Waals surface area contributed by atoms with Crippen LogP contribution in [-0.2, 0) is 19.5 Å². The van der Waals surface area contributed by atoms with Crippen LogP contribution in [0.15, 0.2) is 83.7 Å². The third kappa shape index (κ3) is 3.39. The first kappa shape index (κ1) is 20.9. The largest absolute Gasteiger partial charge is 0.506 e. The molecule has 2 heterocycles. The Morgan fingerprint density at radius 1 is 0.862 bits per heavy atom. The van der Waals surface area contributed by atoms with Gasteiger partial charge < -0.3 is 5.11 Å². The molecular formula is C23H18N2O2SZn. The second-order valence-corrected chi connectivity index (χ2v) is 7.23. The fourth-order valence-corrected chi connectivity index (χ4v) is 4.33. The van der Waals surface area contributed by atoms with Crippen molar-refractivity contribution in [2.75, 3.05) is 0 Å². The molecule has 0 radical (unpaired) electrons. The zero-order valence-electron chi connectivity index (χ0n) is 14.9. The van der Waals surface area contributed by atoms with Gasteiger partial charge in [-0.1, -0.05) is 49.9 Å². The number of aromatic nitrogens is 2. The number of para-hydroxylation sites is 3. The van der Waals surface area contributed by atoms with Crippen molar-refractivity contribution in [1.29, 1.82) is 0 Å². The van der Waals surface area contributed by atoms with Gasteiger partial charge in [-0.2, -0.15) is 0 Å². The van der Waals surface area contributed by atoms with E-state index >= 15 is 0 Å². The number of nitrogens with zero attached hydrogens (tertiary/aromatic N) is 2. The van der Waals surface area contributed by atoms with Gasteiger partial charge in [-0.25, -0.2) is 4.98 Å². The van der Waals surface area contributed by atoms with Crippen molar-refractivity contribution in [3.63, 3.8) is 0 Å². The number of aromatic hydroxyl groups is 1. The van der Waals surface area contributed by atoms with E-state index in [1.54, 1.807) is 4.57 Å². The maximum Gasteiger partial charge on any atom is 0.269 e. The van der Waals surface area contributed by atoms with Crippen LogP contribution >= 0.6 is 11.3 Å². The molecule has 4 nitrogen and oxygen atoms in total. The summed E-state index contributed by atoms with van der Waals surface area (Å²) in [5.74, 6) is -0.0261. The Morgan fingerprint density at radius 3 is 2.28 bits per heavy atom. The Bertz CT molecular complexity index is 1330. The molecule has 0 spiro atoms. The molecule has 0 saturated carbocycles. The van der Waals surface area contributed by atoms with Gasteiger partial charge in [0.2, 0.25) is 0 Å². The molecule has 0 aliphatic heterocycles. The van der Waals surface area contributed by atoms with Gasteiger partial charge >= 0.3 is 0 Å². The van der Waals surface area contributed by atoms with Crippen molar-refractivity contribution in [3.05, 3.63) is 89.2 Å². The summed E-state index contributed by atoms with van der Waals surface area (Å²) in [5, 5.41) is 12.1. The summed E-state index contributed by atoms with van der Waals surface area (Å²) in [5.41, 5.74) is 2.18. The maximum atomic E-state index is 13.5. The minimum atomic E-state index is -0.281. The summed E-state index contributed by atoms with van der Waals surface area (Å²) in [4.78, 5) is 18.0. The topological polar surface area (TPSA) is 55.1 Å². The van der Waals surface area contributed by atoms with E-state index in [1.807, 2.05) is 78.9 Å². The molecule has 0 fully saturated rings. The van der Waals surface area contributed by atoms with Crippen LogP contribution < -0.4 is 5.56 Å². The molecule has 0 atom stereocenters. The molecule has 140 valence electrons. The number of rotatable bonds is 2. The Labute approximate surface area is 184 Å². The molecule has 5 rings (SSSR count). The fourth-order valence-electron chi connectivity index (χ4n) is 3.33. The predicted molar refractivity (Wildman–Crippen MR) is 117 cm³/mol. The maximum absolute atomic E-state index is 13.5. The van der Waals surface area contributed by atoms with E-state index < -0.39 is 0 Å². The minimum absolute atomic E-state index is 0. The van der Waals surface area contributed by atoms with Gasteiger partial charge in [-0.05, 0) is 36.4 Å². The molecule has 2 aromatic heterocycles. The van der Waals surface area contributed by atoms with E-state index in [4.69, 9.17) is 0 Å². The van der Waals surface area contributed by atoms with Gasteiger partial charge in [0, 0.05) is 30.6 Å². The van der Waals surface area contributed by atoms with E-state index in [1.165, 1.54) is 11.3 Å². The standard InChI is InChI=1S/C22H14N2O2S.CH4.Zn/c25-20-15-10-4-6-12-17(15)24(14-8-2-1-3-9-14)22(26)19(20)21-23-16-11-5-7-13-18(16)27-21;;/h1-13,25H;1H4;. The van der Waals surface area contributed by atoms with Gasteiger partial charge in [0.25, 0.3) is 5.56 Å². The van der Waals surface area contributed by atoms with Gasteiger partial charge in [0.05, 0.1) is 15.7 Å². The summed E-state index contributed by atoms with van der Waals surface area (Å²) in [6.45, 7) is 0. The van der Waals surface area contributed by atoms with Crippen LogP contribution in [0.1, 0.15) is 7.43 Å². The van der Waals surface area contributed by atoms with Crippen molar-refractivity contribution < 1.29 is 24.6 Å². The zero-order chi connectivity index (χ0) is 18.4. The van der Waals surface area contributed by atoms with Crippen molar-refractivity contribution in [3.8, 4) is 22.0 Å². The molecule has 0 saturated heterocycles. The van der Waals surface area contributed by atoms with Gasteiger partial charge in [0.1, 0.15) is 16.3 Å². The third-order valence-electron chi connectivity index (χ3n) is 4.58. The fraction of sp³-hybridized carbons (Fsp3) is 0.0435. The Morgan fingerprint density at radius 2 is 1.52 bits per heavy atom. The monoisotopic (exact) mass is 450 g/mol. The summed E-state index contributed by atoms with van der Waals surface area (Å²) in [7, 11) is 0. The minimum Gasteiger partial charge on any atom is -0.506 e. The molecule has 6 heteroatoms. The molecule has 0 aliphatic rings. The Balaban J connectivity index is 0.00000120. The van der Waals surface area contributed by atoms with Crippen LogP contribution in [0.2, 0.25) is 0 Å². The van der Waals surface area contributed by atoms with Gasteiger partial charge in [0.15, 0.2) is 0 Å². The summed E-state index contributed by atoms with van der Waals surface area (Å²) < 4.78 is 2.61. The van der Waals surface area contributed by atoms with E-state index in [0.29, 0.717) is 15.9 Å². The van der Waals surface area contributed by atoms with Gasteiger partial charge in [-0.3, -0.25) is 9.36 Å². The number of pyridine rings is 1. The van der Waals surface area contributed by atoms with Crippen LogP contribution in [0.5, 0.6) is 5.75 Å². The average molecular weight is 452 g/mol. The number of hydrogen-bond acceptors (Lipinski definition) is 4. The van der Waals surface area contributed by atoms with Gasteiger partial charge in [-0.15, -0.1) is 11.3 Å². The van der Waals surface area contributed by atoms with E-state index in [9.17, 15) is 9.90 Å². The van der Waals surface area contributed by atoms with E-state index in [-0.39, 0.29) is 43.8 Å². The second-order valence-electron chi connectivity index (χ2n) is 6.20. The summed E-state index contributed by atoms with van der Waals surface area (Å²) >= 11 is 1.41. The normalized spacial score (nSPS) is 10.5. The Kier molecular flexibility index (Phi) is 5.97. The molecule has 0 amide bonds. The van der Waals surface area contributed by atoms with Crippen LogP contribution in [0.25, 0.3) is 37.4 Å². The molecule has 3 aromatic carbocycles. The summed E-state index contributed by atoms with van der Waals surface area (Å²) in [6, 6.07) is 24.5. The molecular weight excluding hydrogens is 434 g/mol. The molecule has 5 aromatic rings. The van der Waals surface area contributed by atoms with Crippen LogP contribution in [0.3, 0.4) is 0 Å².